The number of nitrogen functional groups attached to an aromatic ring is 1. The molecule has 0 aliphatic heterocycles. The molecule has 17 heavy (non-hydrogen) atoms. The van der Waals surface area contributed by atoms with Crippen molar-refractivity contribution in [3.8, 4) is 0 Å². The first-order valence-electron chi connectivity index (χ1n) is 5.65. The van der Waals surface area contributed by atoms with Crippen molar-refractivity contribution in [2.24, 2.45) is 0 Å². The lowest BCUT2D eigenvalue weighted by Gasteiger charge is -2.15. The summed E-state index contributed by atoms with van der Waals surface area (Å²) >= 11 is 0. The lowest BCUT2D eigenvalue weighted by atomic mass is 10.1. The summed E-state index contributed by atoms with van der Waals surface area (Å²) in [5.74, 6) is -0.101. The summed E-state index contributed by atoms with van der Waals surface area (Å²) < 4.78 is 0. The predicted molar refractivity (Wildman–Crippen MR) is 66.3 cm³/mol. The number of nitrogens with two attached hydrogens (primary N) is 1. The number of hydrogen-bond donors (Lipinski definition) is 3. The molecule has 0 fully saturated rings. The van der Waals surface area contributed by atoms with E-state index in [1.165, 1.54) is 6.20 Å². The van der Waals surface area contributed by atoms with Gasteiger partial charge in [-0.05, 0) is 32.4 Å². The molecule has 0 radical (unpaired) electrons. The molecule has 5 heteroatoms. The number of aliphatic hydroxyl groups is 1. The minimum atomic E-state index is -0.417. The van der Waals surface area contributed by atoms with Crippen molar-refractivity contribution < 1.29 is 9.90 Å². The summed E-state index contributed by atoms with van der Waals surface area (Å²) in [5, 5.41) is 12.0. The number of aliphatic hydroxyl groups excluding tert-OH is 1. The summed E-state index contributed by atoms with van der Waals surface area (Å²) in [6.45, 7) is 3.56. The van der Waals surface area contributed by atoms with Crippen LogP contribution in [0.15, 0.2) is 18.3 Å². The molecule has 4 N–H and O–H groups in total. The van der Waals surface area contributed by atoms with E-state index >= 15 is 0 Å². The monoisotopic (exact) mass is 237 g/mol. The number of aromatic nitrogens is 1. The quantitative estimate of drug-likeness (QED) is 0.695. The minimum Gasteiger partial charge on any atom is -0.397 e. The Balaban J connectivity index is 2.41. The van der Waals surface area contributed by atoms with Gasteiger partial charge in [-0.15, -0.1) is 0 Å². The molecule has 5 nitrogen and oxygen atoms in total. The fourth-order valence-electron chi connectivity index (χ4n) is 1.60. The second kappa shape index (κ2) is 6.20. The summed E-state index contributed by atoms with van der Waals surface area (Å²) in [6.07, 6.45) is 1.88. The van der Waals surface area contributed by atoms with E-state index in [1.54, 1.807) is 19.1 Å². The molecule has 1 rings (SSSR count). The van der Waals surface area contributed by atoms with E-state index in [1.807, 2.05) is 6.92 Å². The number of amides is 1. The lowest BCUT2D eigenvalue weighted by molar-refractivity contribution is -0.121. The molecule has 2 unspecified atom stereocenters. The number of nitrogens with one attached hydrogen (secondary N) is 1. The van der Waals surface area contributed by atoms with E-state index < -0.39 is 6.10 Å². The Hall–Kier alpha value is -1.62. The number of pyridine rings is 1. The van der Waals surface area contributed by atoms with Crippen molar-refractivity contribution in [1.82, 2.24) is 10.3 Å². The summed E-state index contributed by atoms with van der Waals surface area (Å²) in [4.78, 5) is 15.7. The van der Waals surface area contributed by atoms with Gasteiger partial charge in [-0.2, -0.15) is 0 Å². The molecule has 0 aliphatic carbocycles. The number of hydrogen-bond acceptors (Lipinski definition) is 4. The number of rotatable bonds is 5. The molecular weight excluding hydrogens is 218 g/mol. The molecule has 0 aromatic carbocycles. The number of nitrogens with zero attached hydrogens (tertiary/aromatic N) is 1. The zero-order valence-electron chi connectivity index (χ0n) is 10.2. The van der Waals surface area contributed by atoms with Gasteiger partial charge in [0.1, 0.15) is 0 Å². The Labute approximate surface area is 101 Å². The summed E-state index contributed by atoms with van der Waals surface area (Å²) in [5.41, 5.74) is 6.76. The van der Waals surface area contributed by atoms with Crippen LogP contribution in [0.25, 0.3) is 0 Å². The largest absolute Gasteiger partial charge is 0.397 e. The average molecular weight is 237 g/mol. The Morgan fingerprint density at radius 3 is 2.76 bits per heavy atom. The van der Waals surface area contributed by atoms with Crippen LogP contribution in [0, 0.1) is 0 Å². The fourth-order valence-corrected chi connectivity index (χ4v) is 1.60. The molecule has 0 saturated carbocycles. The molecule has 0 spiro atoms. The van der Waals surface area contributed by atoms with Crippen molar-refractivity contribution in [3.63, 3.8) is 0 Å². The minimum absolute atomic E-state index is 0.0451. The molecule has 0 bridgehead atoms. The second-order valence-electron chi connectivity index (χ2n) is 4.31. The molecule has 1 amide bonds. The van der Waals surface area contributed by atoms with Gasteiger partial charge in [0, 0.05) is 11.7 Å². The van der Waals surface area contributed by atoms with Crippen LogP contribution in [0.3, 0.4) is 0 Å². The van der Waals surface area contributed by atoms with E-state index in [-0.39, 0.29) is 18.4 Å². The highest BCUT2D eigenvalue weighted by Crippen LogP contribution is 2.02. The van der Waals surface area contributed by atoms with Gasteiger partial charge < -0.3 is 16.2 Å². The van der Waals surface area contributed by atoms with Crippen molar-refractivity contribution >= 4 is 11.6 Å². The van der Waals surface area contributed by atoms with E-state index in [9.17, 15) is 9.90 Å². The average Bonchev–Trinajstić information content (AvgIpc) is 2.19. The maximum atomic E-state index is 11.6. The first kappa shape index (κ1) is 13.4. The van der Waals surface area contributed by atoms with Crippen LogP contribution in [0.1, 0.15) is 26.0 Å². The third-order valence-corrected chi connectivity index (χ3v) is 2.29. The standard InChI is InChI=1S/C12H19N3O2/c1-8(5-9(2)16)15-12(17)6-11-4-3-10(13)7-14-11/h3-4,7-9,16H,5-6,13H2,1-2H3,(H,15,17). The summed E-state index contributed by atoms with van der Waals surface area (Å²) in [7, 11) is 0. The second-order valence-corrected chi connectivity index (χ2v) is 4.31. The topological polar surface area (TPSA) is 88.2 Å². The first-order valence-corrected chi connectivity index (χ1v) is 5.65. The van der Waals surface area contributed by atoms with Gasteiger partial charge in [-0.3, -0.25) is 9.78 Å². The van der Waals surface area contributed by atoms with Crippen LogP contribution in [0.4, 0.5) is 5.69 Å². The van der Waals surface area contributed by atoms with Gasteiger partial charge in [0.25, 0.3) is 0 Å². The Bertz CT molecular complexity index is 363. The third-order valence-electron chi connectivity index (χ3n) is 2.29. The smallest absolute Gasteiger partial charge is 0.226 e. The molecule has 1 aromatic heterocycles. The number of anilines is 1. The SMILES string of the molecule is CC(O)CC(C)NC(=O)Cc1ccc(N)cn1. The van der Waals surface area contributed by atoms with Gasteiger partial charge in [0.2, 0.25) is 5.91 Å². The van der Waals surface area contributed by atoms with Crippen molar-refractivity contribution in [2.75, 3.05) is 5.73 Å². The maximum Gasteiger partial charge on any atom is 0.226 e. The van der Waals surface area contributed by atoms with E-state index in [2.05, 4.69) is 10.3 Å². The van der Waals surface area contributed by atoms with Crippen LogP contribution < -0.4 is 11.1 Å². The van der Waals surface area contributed by atoms with E-state index in [4.69, 9.17) is 5.73 Å². The maximum absolute atomic E-state index is 11.6. The molecule has 1 heterocycles. The van der Waals surface area contributed by atoms with Gasteiger partial charge >= 0.3 is 0 Å². The van der Waals surface area contributed by atoms with Gasteiger partial charge in [-0.25, -0.2) is 0 Å². The highest BCUT2D eigenvalue weighted by Gasteiger charge is 2.10. The normalized spacial score (nSPS) is 14.1. The zero-order valence-corrected chi connectivity index (χ0v) is 10.2. The van der Waals surface area contributed by atoms with Gasteiger partial charge in [-0.1, -0.05) is 0 Å². The zero-order chi connectivity index (χ0) is 12.8. The lowest BCUT2D eigenvalue weighted by Crippen LogP contribution is -2.35. The molecular formula is C12H19N3O2. The molecule has 1 aromatic rings. The van der Waals surface area contributed by atoms with Crippen LogP contribution >= 0.6 is 0 Å². The van der Waals surface area contributed by atoms with Crippen LogP contribution in [0.2, 0.25) is 0 Å². The number of carbonyl (C=O) groups excluding carboxylic acids is 1. The Morgan fingerprint density at radius 1 is 1.53 bits per heavy atom. The Morgan fingerprint density at radius 2 is 2.24 bits per heavy atom. The molecule has 94 valence electrons. The fraction of sp³-hybridized carbons (Fsp3) is 0.500. The van der Waals surface area contributed by atoms with E-state index in [0.29, 0.717) is 17.8 Å². The Kier molecular flexibility index (Phi) is 4.90. The van der Waals surface area contributed by atoms with Crippen molar-refractivity contribution in [3.05, 3.63) is 24.0 Å². The van der Waals surface area contributed by atoms with E-state index in [0.717, 1.165) is 0 Å². The van der Waals surface area contributed by atoms with Crippen LogP contribution in [0.5, 0.6) is 0 Å². The van der Waals surface area contributed by atoms with Crippen molar-refractivity contribution in [1.29, 1.82) is 0 Å². The van der Waals surface area contributed by atoms with Crippen LogP contribution in [-0.4, -0.2) is 28.1 Å². The third kappa shape index (κ3) is 5.31. The molecule has 0 saturated heterocycles. The highest BCUT2D eigenvalue weighted by atomic mass is 16.3. The molecule has 0 aliphatic rings. The summed E-state index contributed by atoms with van der Waals surface area (Å²) in [6, 6.07) is 3.40. The van der Waals surface area contributed by atoms with Crippen molar-refractivity contribution in [2.45, 2.75) is 38.8 Å². The first-order chi connectivity index (χ1) is 7.97. The van der Waals surface area contributed by atoms with Crippen LogP contribution in [-0.2, 0) is 11.2 Å². The predicted octanol–water partition coefficient (Wildman–Crippen LogP) is 0.482. The highest BCUT2D eigenvalue weighted by molar-refractivity contribution is 5.78. The van der Waals surface area contributed by atoms with Gasteiger partial charge in [0.15, 0.2) is 0 Å². The van der Waals surface area contributed by atoms with Gasteiger partial charge in [0.05, 0.1) is 24.4 Å². The number of carbonyl (C=O) groups is 1. The molecule has 2 atom stereocenters.